The maximum absolute atomic E-state index is 14.0. The van der Waals surface area contributed by atoms with Gasteiger partial charge in [-0.15, -0.1) is 0 Å². The quantitative estimate of drug-likeness (QED) is 0.334. The Hall–Kier alpha value is -3.61. The van der Waals surface area contributed by atoms with Crippen LogP contribution in [0, 0.1) is 5.92 Å². The maximum atomic E-state index is 14.0. The van der Waals surface area contributed by atoms with E-state index in [1.165, 1.54) is 5.52 Å². The summed E-state index contributed by atoms with van der Waals surface area (Å²) >= 11 is 6.43. The molecule has 0 N–H and O–H groups in total. The van der Waals surface area contributed by atoms with E-state index in [0.717, 1.165) is 60.5 Å². The van der Waals surface area contributed by atoms with Gasteiger partial charge in [-0.05, 0) is 49.6 Å². The molecule has 192 valence electrons. The topological polar surface area (TPSA) is 50.5 Å². The van der Waals surface area contributed by atoms with Crippen LogP contribution < -0.4 is 10.5 Å². The zero-order valence-corrected chi connectivity index (χ0v) is 22.1. The molecule has 7 heteroatoms. The largest absolute Gasteiger partial charge is 0.347 e. The number of piperidine rings is 1. The molecule has 0 aliphatic carbocycles. The number of hydrogen-bond donors (Lipinski definition) is 0. The van der Waals surface area contributed by atoms with E-state index in [1.807, 2.05) is 51.9 Å². The van der Waals surface area contributed by atoms with Crippen LogP contribution >= 0.6 is 11.6 Å². The molecule has 38 heavy (non-hydrogen) atoms. The lowest BCUT2D eigenvalue weighted by molar-refractivity contribution is -0.113. The molecule has 0 saturated carbocycles. The van der Waals surface area contributed by atoms with Gasteiger partial charge in [-0.25, -0.2) is 0 Å². The molecule has 6 nitrogen and oxygen atoms in total. The van der Waals surface area contributed by atoms with Gasteiger partial charge in [0.15, 0.2) is 0 Å². The second-order valence-electron chi connectivity index (χ2n) is 10.7. The first kappa shape index (κ1) is 23.5. The number of halogens is 1. The number of aryl methyl sites for hydroxylation is 1. The van der Waals surface area contributed by atoms with Crippen molar-refractivity contribution in [3.05, 3.63) is 99.1 Å². The van der Waals surface area contributed by atoms with Crippen molar-refractivity contribution >= 4 is 45.7 Å². The summed E-state index contributed by atoms with van der Waals surface area (Å²) in [5, 5.41) is 1.76. The molecular formula is C31H29ClN4O2. The fraction of sp³-hybridized carbons (Fsp3) is 0.290. The summed E-state index contributed by atoms with van der Waals surface area (Å²) in [7, 11) is 0. The standard InChI is InChI=1S/C31H29ClN4O2/c1-2-34-18-21(24-6-3-4-7-28(24)34)13-26-25-11-10-23(32)14-29(25)36(31(26)38)19-33-15-20-12-22(17-33)27-8-5-9-30(37)35(27)16-20/h3-11,13-14,18,20,22H,2,12,15-17,19H2,1H3/b26-13-/t20-,22-/m0/s1. The van der Waals surface area contributed by atoms with Gasteiger partial charge in [-0.3, -0.25) is 19.4 Å². The van der Waals surface area contributed by atoms with Crippen molar-refractivity contribution in [2.24, 2.45) is 5.92 Å². The number of aromatic nitrogens is 2. The fourth-order valence-electron chi connectivity index (χ4n) is 6.72. The van der Waals surface area contributed by atoms with Gasteiger partial charge in [0.05, 0.1) is 12.4 Å². The average molecular weight is 525 g/mol. The van der Waals surface area contributed by atoms with Crippen LogP contribution in [0.3, 0.4) is 0 Å². The number of benzene rings is 2. The number of fused-ring (bicyclic) bond motifs is 6. The van der Waals surface area contributed by atoms with Crippen molar-refractivity contribution < 1.29 is 4.79 Å². The highest BCUT2D eigenvalue weighted by Crippen LogP contribution is 2.41. The summed E-state index contributed by atoms with van der Waals surface area (Å²) in [6.07, 6.45) is 5.26. The summed E-state index contributed by atoms with van der Waals surface area (Å²) in [5.41, 5.74) is 5.89. The number of carbonyl (C=O) groups excluding carboxylic acids is 1. The second kappa shape index (κ2) is 9.00. The molecule has 2 atom stereocenters. The Balaban J connectivity index is 1.23. The van der Waals surface area contributed by atoms with Crippen LogP contribution in [-0.2, 0) is 17.9 Å². The first-order valence-corrected chi connectivity index (χ1v) is 13.7. The highest BCUT2D eigenvalue weighted by molar-refractivity contribution is 6.37. The van der Waals surface area contributed by atoms with E-state index in [2.05, 4.69) is 40.8 Å². The van der Waals surface area contributed by atoms with E-state index in [-0.39, 0.29) is 11.5 Å². The third kappa shape index (κ3) is 3.74. The molecule has 4 aromatic rings. The van der Waals surface area contributed by atoms with Crippen molar-refractivity contribution in [3.8, 4) is 0 Å². The van der Waals surface area contributed by atoms with Crippen LogP contribution in [0.2, 0.25) is 5.02 Å². The smallest absolute Gasteiger partial charge is 0.260 e. The van der Waals surface area contributed by atoms with Gasteiger partial charge in [0.2, 0.25) is 0 Å². The Labute approximate surface area is 226 Å². The SMILES string of the molecule is CCn1cc(/C=C2\C(=O)N(CN3C[C@@H]4C[C@@H](C3)c3cccc(=O)n3C4)c3cc(Cl)ccc32)c2ccccc21. The van der Waals surface area contributed by atoms with E-state index in [0.29, 0.717) is 29.1 Å². The van der Waals surface area contributed by atoms with Crippen LogP contribution in [-0.4, -0.2) is 39.7 Å². The lowest BCUT2D eigenvalue weighted by atomic mass is 9.83. The van der Waals surface area contributed by atoms with Crippen molar-refractivity contribution in [1.29, 1.82) is 0 Å². The Morgan fingerprint density at radius 1 is 1.00 bits per heavy atom. The normalized spacial score (nSPS) is 21.8. The minimum atomic E-state index is 0.00273. The summed E-state index contributed by atoms with van der Waals surface area (Å²) in [4.78, 5) is 30.7. The van der Waals surface area contributed by atoms with E-state index >= 15 is 0 Å². The van der Waals surface area contributed by atoms with Crippen LogP contribution in [0.25, 0.3) is 22.6 Å². The van der Waals surface area contributed by atoms with Crippen LogP contribution in [0.15, 0.2) is 71.7 Å². The molecule has 1 fully saturated rings. The van der Waals surface area contributed by atoms with Gasteiger partial charge in [-0.1, -0.05) is 41.9 Å². The Bertz CT molecular complexity index is 1680. The first-order valence-electron chi connectivity index (χ1n) is 13.3. The number of rotatable bonds is 4. The molecule has 2 aromatic heterocycles. The van der Waals surface area contributed by atoms with Gasteiger partial charge in [0, 0.05) is 82.7 Å². The second-order valence-corrected chi connectivity index (χ2v) is 11.2. The summed E-state index contributed by atoms with van der Waals surface area (Å²) < 4.78 is 4.16. The molecule has 2 aromatic carbocycles. The molecule has 1 amide bonds. The highest BCUT2D eigenvalue weighted by atomic mass is 35.5. The molecule has 2 bridgehead atoms. The lowest BCUT2D eigenvalue weighted by Gasteiger charge is -2.43. The van der Waals surface area contributed by atoms with Crippen LogP contribution in [0.5, 0.6) is 0 Å². The number of pyridine rings is 1. The van der Waals surface area contributed by atoms with Crippen molar-refractivity contribution in [3.63, 3.8) is 0 Å². The van der Waals surface area contributed by atoms with E-state index in [4.69, 9.17) is 11.6 Å². The monoisotopic (exact) mass is 524 g/mol. The zero-order valence-electron chi connectivity index (χ0n) is 21.3. The molecule has 3 aliphatic heterocycles. The first-order chi connectivity index (χ1) is 18.5. The fourth-order valence-corrected chi connectivity index (χ4v) is 6.89. The predicted molar refractivity (Wildman–Crippen MR) is 152 cm³/mol. The third-order valence-electron chi connectivity index (χ3n) is 8.37. The van der Waals surface area contributed by atoms with Gasteiger partial charge in [0.1, 0.15) is 0 Å². The van der Waals surface area contributed by atoms with Gasteiger partial charge < -0.3 is 9.13 Å². The van der Waals surface area contributed by atoms with Crippen molar-refractivity contribution in [2.75, 3.05) is 24.7 Å². The molecule has 0 unspecified atom stereocenters. The maximum Gasteiger partial charge on any atom is 0.260 e. The number of nitrogens with zero attached hydrogens (tertiary/aromatic N) is 4. The molecule has 5 heterocycles. The number of likely N-dealkylation sites (tertiary alicyclic amines) is 1. The molecule has 0 spiro atoms. The van der Waals surface area contributed by atoms with E-state index in [1.54, 1.807) is 6.07 Å². The van der Waals surface area contributed by atoms with E-state index < -0.39 is 0 Å². The van der Waals surface area contributed by atoms with Gasteiger partial charge in [0.25, 0.3) is 11.5 Å². The van der Waals surface area contributed by atoms with Crippen LogP contribution in [0.1, 0.15) is 36.1 Å². The zero-order chi connectivity index (χ0) is 26.0. The summed E-state index contributed by atoms with van der Waals surface area (Å²) in [5.74, 6) is 0.694. The number of anilines is 1. The molecule has 7 rings (SSSR count). The number of para-hydroxylation sites is 1. The Kier molecular flexibility index (Phi) is 5.57. The summed E-state index contributed by atoms with van der Waals surface area (Å²) in [6.45, 7) is 5.92. The van der Waals surface area contributed by atoms with Crippen LogP contribution in [0.4, 0.5) is 5.69 Å². The molecular weight excluding hydrogens is 496 g/mol. The highest BCUT2D eigenvalue weighted by Gasteiger charge is 2.38. The predicted octanol–water partition coefficient (Wildman–Crippen LogP) is 5.44. The van der Waals surface area contributed by atoms with Gasteiger partial charge >= 0.3 is 0 Å². The molecule has 0 radical (unpaired) electrons. The molecule has 1 saturated heterocycles. The Morgan fingerprint density at radius 3 is 2.74 bits per heavy atom. The lowest BCUT2D eigenvalue weighted by Crippen LogP contribution is -2.50. The minimum Gasteiger partial charge on any atom is -0.347 e. The third-order valence-corrected chi connectivity index (χ3v) is 8.61. The Morgan fingerprint density at radius 2 is 1.87 bits per heavy atom. The number of amides is 1. The average Bonchev–Trinajstić information content (AvgIpc) is 3.40. The van der Waals surface area contributed by atoms with Crippen molar-refractivity contribution in [2.45, 2.75) is 32.4 Å². The van der Waals surface area contributed by atoms with E-state index in [9.17, 15) is 9.59 Å². The minimum absolute atomic E-state index is 0.00273. The number of carbonyl (C=O) groups is 1. The van der Waals surface area contributed by atoms with Crippen molar-refractivity contribution in [1.82, 2.24) is 14.0 Å². The number of hydrogen-bond acceptors (Lipinski definition) is 3. The van der Waals surface area contributed by atoms with Gasteiger partial charge in [-0.2, -0.15) is 0 Å². The molecule has 3 aliphatic rings. The summed E-state index contributed by atoms with van der Waals surface area (Å²) in [6, 6.07) is 19.7.